The average Bonchev–Trinajstić information content (AvgIpc) is 2.78. The second-order valence-corrected chi connectivity index (χ2v) is 4.86. The second-order valence-electron chi connectivity index (χ2n) is 4.86. The van der Waals surface area contributed by atoms with Crippen LogP contribution in [0.3, 0.4) is 0 Å². The molecular formula is C14H15F2N3. The summed E-state index contributed by atoms with van der Waals surface area (Å²) in [5, 5.41) is 7.44. The number of fused-ring (bicyclic) bond motifs is 1. The minimum atomic E-state index is -2.41. The maximum absolute atomic E-state index is 13.2. The number of nitrogens with one attached hydrogen (secondary N) is 1. The summed E-state index contributed by atoms with van der Waals surface area (Å²) in [6.07, 6.45) is -2.07. The van der Waals surface area contributed by atoms with Crippen molar-refractivity contribution < 1.29 is 8.78 Å². The highest BCUT2D eigenvalue weighted by Gasteiger charge is 2.33. The Morgan fingerprint density at radius 2 is 2.05 bits per heavy atom. The van der Waals surface area contributed by atoms with Crippen LogP contribution in [0.2, 0.25) is 0 Å². The van der Waals surface area contributed by atoms with Gasteiger partial charge in [-0.05, 0) is 18.9 Å². The Bertz CT molecular complexity index is 565. The maximum atomic E-state index is 13.2. The summed E-state index contributed by atoms with van der Waals surface area (Å²) in [7, 11) is 0. The molecule has 1 aliphatic heterocycles. The SMILES string of the molecule is Cc1cc2n(n1)[C@H](C(F)F)C[C@H](c1ccccc1)N2. The van der Waals surface area contributed by atoms with Gasteiger partial charge in [0, 0.05) is 6.07 Å². The summed E-state index contributed by atoms with van der Waals surface area (Å²) in [5.74, 6) is 0.669. The Hall–Kier alpha value is -1.91. The first-order valence-electron chi connectivity index (χ1n) is 6.31. The Balaban J connectivity index is 1.97. The van der Waals surface area contributed by atoms with E-state index in [1.807, 2.05) is 43.3 Å². The molecule has 1 aromatic carbocycles. The van der Waals surface area contributed by atoms with Crippen LogP contribution in [-0.2, 0) is 0 Å². The van der Waals surface area contributed by atoms with E-state index >= 15 is 0 Å². The van der Waals surface area contributed by atoms with E-state index in [4.69, 9.17) is 0 Å². The standard InChI is InChI=1S/C14H15F2N3/c1-9-7-13-17-11(10-5-3-2-4-6-10)8-12(14(15)16)19(13)18-9/h2-7,11-12,14,17H,8H2,1H3/t11-,12+/m1/s1. The number of anilines is 1. The summed E-state index contributed by atoms with van der Waals surface area (Å²) in [5.41, 5.74) is 1.78. The van der Waals surface area contributed by atoms with E-state index in [1.54, 1.807) is 0 Å². The van der Waals surface area contributed by atoms with Gasteiger partial charge >= 0.3 is 0 Å². The third-order valence-corrected chi connectivity index (χ3v) is 3.46. The molecule has 1 aliphatic rings. The van der Waals surface area contributed by atoms with Crippen molar-refractivity contribution in [3.05, 3.63) is 47.7 Å². The fraction of sp³-hybridized carbons (Fsp3) is 0.357. The molecule has 0 unspecified atom stereocenters. The first-order chi connectivity index (χ1) is 9.15. The van der Waals surface area contributed by atoms with Gasteiger partial charge in [0.1, 0.15) is 11.9 Å². The van der Waals surface area contributed by atoms with Gasteiger partial charge in [0.25, 0.3) is 6.43 Å². The zero-order chi connectivity index (χ0) is 13.4. The van der Waals surface area contributed by atoms with Crippen LogP contribution in [0.5, 0.6) is 0 Å². The molecule has 0 bridgehead atoms. The zero-order valence-corrected chi connectivity index (χ0v) is 10.6. The summed E-state index contributed by atoms with van der Waals surface area (Å²) in [6, 6.07) is 10.5. The largest absolute Gasteiger partial charge is 0.363 e. The molecule has 1 aromatic heterocycles. The first-order valence-corrected chi connectivity index (χ1v) is 6.31. The fourth-order valence-electron chi connectivity index (χ4n) is 2.57. The molecule has 19 heavy (non-hydrogen) atoms. The van der Waals surface area contributed by atoms with Gasteiger partial charge in [-0.2, -0.15) is 5.10 Å². The number of halogens is 2. The Labute approximate surface area is 110 Å². The minimum Gasteiger partial charge on any atom is -0.363 e. The number of hydrogen-bond donors (Lipinski definition) is 1. The van der Waals surface area contributed by atoms with Crippen LogP contribution in [-0.4, -0.2) is 16.2 Å². The van der Waals surface area contributed by atoms with Gasteiger partial charge in [-0.3, -0.25) is 0 Å². The van der Waals surface area contributed by atoms with Crippen molar-refractivity contribution in [2.45, 2.75) is 31.9 Å². The predicted molar refractivity (Wildman–Crippen MR) is 69.4 cm³/mol. The average molecular weight is 263 g/mol. The number of aryl methyl sites for hydroxylation is 1. The summed E-state index contributed by atoms with van der Waals surface area (Å²) in [6.45, 7) is 1.81. The third kappa shape index (κ3) is 2.20. The van der Waals surface area contributed by atoms with Gasteiger partial charge < -0.3 is 5.32 Å². The topological polar surface area (TPSA) is 29.9 Å². The predicted octanol–water partition coefficient (Wildman–Crippen LogP) is 3.55. The smallest absolute Gasteiger partial charge is 0.260 e. The number of benzene rings is 1. The molecule has 0 aliphatic carbocycles. The van der Waals surface area contributed by atoms with Crippen LogP contribution < -0.4 is 5.32 Å². The highest BCUT2D eigenvalue weighted by molar-refractivity contribution is 5.43. The highest BCUT2D eigenvalue weighted by Crippen LogP contribution is 2.37. The van der Waals surface area contributed by atoms with E-state index in [-0.39, 0.29) is 6.04 Å². The summed E-state index contributed by atoms with van der Waals surface area (Å²) in [4.78, 5) is 0. The molecule has 2 aromatic rings. The van der Waals surface area contributed by atoms with Crippen molar-refractivity contribution in [2.75, 3.05) is 5.32 Å². The van der Waals surface area contributed by atoms with Crippen LogP contribution in [0.15, 0.2) is 36.4 Å². The molecule has 0 saturated heterocycles. The molecule has 0 amide bonds. The van der Waals surface area contributed by atoms with Crippen molar-refractivity contribution in [1.29, 1.82) is 0 Å². The number of alkyl halides is 2. The number of aromatic nitrogens is 2. The van der Waals surface area contributed by atoms with E-state index in [0.717, 1.165) is 11.3 Å². The number of rotatable bonds is 2. The first kappa shape index (κ1) is 12.1. The second kappa shape index (κ2) is 4.64. The van der Waals surface area contributed by atoms with Gasteiger partial charge in [0.15, 0.2) is 0 Å². The Morgan fingerprint density at radius 3 is 2.74 bits per heavy atom. The maximum Gasteiger partial charge on any atom is 0.260 e. The summed E-state index contributed by atoms with van der Waals surface area (Å²) < 4.78 is 27.8. The molecule has 3 rings (SSSR count). The minimum absolute atomic E-state index is 0.0937. The van der Waals surface area contributed by atoms with Gasteiger partial charge in [0.05, 0.1) is 11.7 Å². The zero-order valence-electron chi connectivity index (χ0n) is 10.6. The molecule has 1 N–H and O–H groups in total. The van der Waals surface area contributed by atoms with Crippen molar-refractivity contribution >= 4 is 5.82 Å². The van der Waals surface area contributed by atoms with Crippen molar-refractivity contribution in [1.82, 2.24) is 9.78 Å². The van der Waals surface area contributed by atoms with Crippen molar-refractivity contribution in [3.63, 3.8) is 0 Å². The van der Waals surface area contributed by atoms with E-state index in [1.165, 1.54) is 4.68 Å². The number of hydrogen-bond acceptors (Lipinski definition) is 2. The lowest BCUT2D eigenvalue weighted by molar-refractivity contribution is 0.0657. The normalized spacial score (nSPS) is 22.1. The van der Waals surface area contributed by atoms with Crippen LogP contribution in [0.4, 0.5) is 14.6 Å². The summed E-state index contributed by atoms with van der Waals surface area (Å²) >= 11 is 0. The lowest BCUT2D eigenvalue weighted by atomic mass is 9.97. The third-order valence-electron chi connectivity index (χ3n) is 3.46. The van der Waals surface area contributed by atoms with Gasteiger partial charge in [-0.15, -0.1) is 0 Å². The molecule has 5 heteroatoms. The molecule has 0 saturated carbocycles. The molecule has 3 nitrogen and oxygen atoms in total. The van der Waals surface area contributed by atoms with Crippen LogP contribution in [0.1, 0.15) is 29.8 Å². The van der Waals surface area contributed by atoms with Crippen LogP contribution in [0, 0.1) is 6.92 Å². The van der Waals surface area contributed by atoms with E-state index < -0.39 is 12.5 Å². The monoisotopic (exact) mass is 263 g/mol. The van der Waals surface area contributed by atoms with E-state index in [2.05, 4.69) is 10.4 Å². The molecule has 0 radical (unpaired) electrons. The van der Waals surface area contributed by atoms with Crippen LogP contribution in [0.25, 0.3) is 0 Å². The quantitative estimate of drug-likeness (QED) is 0.898. The molecule has 2 atom stereocenters. The lowest BCUT2D eigenvalue weighted by Gasteiger charge is -2.32. The fourth-order valence-corrected chi connectivity index (χ4v) is 2.57. The molecule has 0 spiro atoms. The Morgan fingerprint density at radius 1 is 1.32 bits per heavy atom. The van der Waals surface area contributed by atoms with E-state index in [9.17, 15) is 8.78 Å². The molecule has 2 heterocycles. The lowest BCUT2D eigenvalue weighted by Crippen LogP contribution is -2.30. The molecular weight excluding hydrogens is 248 g/mol. The highest BCUT2D eigenvalue weighted by atomic mass is 19.3. The van der Waals surface area contributed by atoms with E-state index in [0.29, 0.717) is 12.2 Å². The Kier molecular flexibility index (Phi) is 2.97. The van der Waals surface area contributed by atoms with Gasteiger partial charge in [0.2, 0.25) is 0 Å². The van der Waals surface area contributed by atoms with Crippen molar-refractivity contribution in [2.24, 2.45) is 0 Å². The number of nitrogens with zero attached hydrogens (tertiary/aromatic N) is 2. The van der Waals surface area contributed by atoms with Crippen LogP contribution >= 0.6 is 0 Å². The van der Waals surface area contributed by atoms with Gasteiger partial charge in [-0.1, -0.05) is 30.3 Å². The molecule has 100 valence electrons. The van der Waals surface area contributed by atoms with Gasteiger partial charge in [-0.25, -0.2) is 13.5 Å². The molecule has 0 fully saturated rings. The van der Waals surface area contributed by atoms with Crippen molar-refractivity contribution in [3.8, 4) is 0 Å².